The minimum Gasteiger partial charge on any atom is -0.392 e. The van der Waals surface area contributed by atoms with Gasteiger partial charge >= 0.3 is 0 Å². The summed E-state index contributed by atoms with van der Waals surface area (Å²) in [4.78, 5) is 22.6. The number of imide groups is 1. The van der Waals surface area contributed by atoms with Crippen molar-refractivity contribution in [3.05, 3.63) is 35.4 Å². The van der Waals surface area contributed by atoms with Crippen molar-refractivity contribution in [2.45, 2.75) is 25.4 Å². The summed E-state index contributed by atoms with van der Waals surface area (Å²) in [5, 5.41) is 11.2. The highest BCUT2D eigenvalue weighted by Gasteiger charge is 2.27. The molecule has 84 valence electrons. The summed E-state index contributed by atoms with van der Waals surface area (Å²) in [6.45, 7) is -0.00434. The third kappa shape index (κ3) is 2.12. The molecule has 1 aliphatic rings. The number of carbonyl (C=O) groups excluding carboxylic acids is 2. The lowest BCUT2D eigenvalue weighted by Gasteiger charge is -2.21. The van der Waals surface area contributed by atoms with Crippen LogP contribution in [0.1, 0.15) is 29.9 Å². The van der Waals surface area contributed by atoms with Gasteiger partial charge in [-0.25, -0.2) is 0 Å². The molecule has 1 aromatic rings. The molecule has 0 spiro atoms. The van der Waals surface area contributed by atoms with Gasteiger partial charge in [0.2, 0.25) is 11.8 Å². The monoisotopic (exact) mass is 219 g/mol. The van der Waals surface area contributed by atoms with Crippen molar-refractivity contribution in [1.29, 1.82) is 0 Å². The van der Waals surface area contributed by atoms with Crippen LogP contribution in [0, 0.1) is 0 Å². The van der Waals surface area contributed by atoms with Crippen LogP contribution in [0.15, 0.2) is 24.3 Å². The third-order valence-corrected chi connectivity index (χ3v) is 2.80. The molecule has 1 unspecified atom stereocenters. The fourth-order valence-corrected chi connectivity index (χ4v) is 1.87. The van der Waals surface area contributed by atoms with Crippen LogP contribution in [0.2, 0.25) is 0 Å². The van der Waals surface area contributed by atoms with Crippen molar-refractivity contribution in [3.8, 4) is 0 Å². The molecule has 2 rings (SSSR count). The van der Waals surface area contributed by atoms with Crippen LogP contribution < -0.4 is 5.32 Å². The van der Waals surface area contributed by atoms with Crippen LogP contribution in [0.3, 0.4) is 0 Å². The molecular formula is C12H13NO3. The van der Waals surface area contributed by atoms with Gasteiger partial charge in [-0.05, 0) is 17.5 Å². The Balaban J connectivity index is 2.17. The second kappa shape index (κ2) is 4.45. The number of amides is 2. The predicted octanol–water partition coefficient (Wildman–Crippen LogP) is 0.699. The Morgan fingerprint density at radius 1 is 1.25 bits per heavy atom. The van der Waals surface area contributed by atoms with Gasteiger partial charge in [-0.1, -0.05) is 24.3 Å². The molecule has 1 saturated heterocycles. The van der Waals surface area contributed by atoms with E-state index in [-0.39, 0.29) is 24.3 Å². The van der Waals surface area contributed by atoms with Gasteiger partial charge in [0, 0.05) is 6.42 Å². The fraction of sp³-hybridized carbons (Fsp3) is 0.333. The quantitative estimate of drug-likeness (QED) is 0.719. The third-order valence-electron chi connectivity index (χ3n) is 2.80. The van der Waals surface area contributed by atoms with Crippen LogP contribution >= 0.6 is 0 Å². The maximum absolute atomic E-state index is 11.6. The maximum atomic E-state index is 11.6. The van der Waals surface area contributed by atoms with Crippen LogP contribution in [-0.2, 0) is 16.2 Å². The number of benzene rings is 1. The zero-order valence-corrected chi connectivity index (χ0v) is 8.77. The average Bonchev–Trinajstić information content (AvgIpc) is 2.29. The smallest absolute Gasteiger partial charge is 0.234 e. The van der Waals surface area contributed by atoms with E-state index >= 15 is 0 Å². The van der Waals surface area contributed by atoms with Gasteiger partial charge in [0.1, 0.15) is 0 Å². The van der Waals surface area contributed by atoms with Gasteiger partial charge in [-0.15, -0.1) is 0 Å². The summed E-state index contributed by atoms with van der Waals surface area (Å²) in [5.41, 5.74) is 1.71. The molecule has 1 atom stereocenters. The van der Waals surface area contributed by atoms with Gasteiger partial charge in [-0.3, -0.25) is 14.9 Å². The number of aliphatic hydroxyl groups excluding tert-OH is 1. The predicted molar refractivity (Wildman–Crippen MR) is 57.5 cm³/mol. The highest BCUT2D eigenvalue weighted by atomic mass is 16.3. The average molecular weight is 219 g/mol. The topological polar surface area (TPSA) is 66.4 Å². The molecule has 1 heterocycles. The number of hydrogen-bond acceptors (Lipinski definition) is 3. The van der Waals surface area contributed by atoms with E-state index in [1.54, 1.807) is 12.1 Å². The number of nitrogens with one attached hydrogen (secondary N) is 1. The van der Waals surface area contributed by atoms with E-state index in [2.05, 4.69) is 5.32 Å². The van der Waals surface area contributed by atoms with Crippen LogP contribution in [0.4, 0.5) is 0 Å². The molecular weight excluding hydrogens is 206 g/mol. The zero-order chi connectivity index (χ0) is 11.5. The van der Waals surface area contributed by atoms with E-state index in [9.17, 15) is 9.59 Å². The second-order valence-corrected chi connectivity index (χ2v) is 3.90. The van der Waals surface area contributed by atoms with Gasteiger partial charge in [0.25, 0.3) is 0 Å². The van der Waals surface area contributed by atoms with Crippen molar-refractivity contribution >= 4 is 11.8 Å². The summed E-state index contributed by atoms with van der Waals surface area (Å²) in [7, 11) is 0. The number of carbonyl (C=O) groups is 2. The first-order valence-electron chi connectivity index (χ1n) is 5.24. The first-order chi connectivity index (χ1) is 7.70. The molecule has 0 radical (unpaired) electrons. The summed E-state index contributed by atoms with van der Waals surface area (Å²) >= 11 is 0. The lowest BCUT2D eigenvalue weighted by molar-refractivity contribution is -0.134. The molecule has 16 heavy (non-hydrogen) atoms. The van der Waals surface area contributed by atoms with E-state index in [0.717, 1.165) is 11.1 Å². The molecule has 1 aromatic carbocycles. The Labute approximate surface area is 93.3 Å². The van der Waals surface area contributed by atoms with Gasteiger partial charge in [0.05, 0.1) is 12.5 Å². The zero-order valence-electron chi connectivity index (χ0n) is 8.77. The molecule has 2 amide bonds. The van der Waals surface area contributed by atoms with E-state index in [0.29, 0.717) is 12.8 Å². The highest BCUT2D eigenvalue weighted by molar-refractivity contribution is 6.00. The molecule has 0 saturated carbocycles. The molecule has 0 aliphatic carbocycles. The number of piperidine rings is 1. The molecule has 0 aromatic heterocycles. The van der Waals surface area contributed by atoms with E-state index in [1.165, 1.54) is 0 Å². The van der Waals surface area contributed by atoms with Crippen molar-refractivity contribution in [2.75, 3.05) is 0 Å². The largest absolute Gasteiger partial charge is 0.392 e. The van der Waals surface area contributed by atoms with E-state index in [1.807, 2.05) is 12.1 Å². The molecule has 4 heteroatoms. The van der Waals surface area contributed by atoms with E-state index in [4.69, 9.17) is 5.11 Å². The molecule has 1 aliphatic heterocycles. The van der Waals surface area contributed by atoms with Gasteiger partial charge < -0.3 is 5.11 Å². The Bertz CT molecular complexity index is 411. The molecule has 1 fully saturated rings. The number of aliphatic hydroxyl groups is 1. The van der Waals surface area contributed by atoms with Crippen molar-refractivity contribution in [3.63, 3.8) is 0 Å². The highest BCUT2D eigenvalue weighted by Crippen LogP contribution is 2.24. The molecule has 4 nitrogen and oxygen atoms in total. The van der Waals surface area contributed by atoms with Crippen LogP contribution in [-0.4, -0.2) is 16.9 Å². The summed E-state index contributed by atoms with van der Waals surface area (Å²) < 4.78 is 0. The van der Waals surface area contributed by atoms with Crippen molar-refractivity contribution < 1.29 is 14.7 Å². The van der Waals surface area contributed by atoms with Crippen molar-refractivity contribution in [2.24, 2.45) is 0 Å². The Kier molecular flexibility index (Phi) is 3.01. The Morgan fingerprint density at radius 2 is 1.94 bits per heavy atom. The summed E-state index contributed by atoms with van der Waals surface area (Å²) in [6.07, 6.45) is 0.946. The number of rotatable bonds is 2. The second-order valence-electron chi connectivity index (χ2n) is 3.90. The van der Waals surface area contributed by atoms with Crippen molar-refractivity contribution in [1.82, 2.24) is 5.32 Å². The van der Waals surface area contributed by atoms with Gasteiger partial charge in [0.15, 0.2) is 0 Å². The Hall–Kier alpha value is -1.68. The fourth-order valence-electron chi connectivity index (χ4n) is 1.87. The van der Waals surface area contributed by atoms with E-state index < -0.39 is 0 Å². The molecule has 0 bridgehead atoms. The first kappa shape index (κ1) is 10.8. The molecule has 2 N–H and O–H groups in total. The maximum Gasteiger partial charge on any atom is 0.234 e. The first-order valence-corrected chi connectivity index (χ1v) is 5.24. The van der Waals surface area contributed by atoms with Crippen LogP contribution in [0.25, 0.3) is 0 Å². The van der Waals surface area contributed by atoms with Crippen LogP contribution in [0.5, 0.6) is 0 Å². The lowest BCUT2D eigenvalue weighted by atomic mass is 9.90. The van der Waals surface area contributed by atoms with Gasteiger partial charge in [-0.2, -0.15) is 0 Å². The minimum atomic E-state index is -0.245. The number of hydrogen-bond donors (Lipinski definition) is 2. The summed E-state index contributed by atoms with van der Waals surface area (Å²) in [6, 6.07) is 7.23. The lowest BCUT2D eigenvalue weighted by Crippen LogP contribution is -2.39. The standard InChI is InChI=1S/C12H13NO3/c14-7-8-1-3-9(4-2-8)10-5-6-11(15)13-12(10)16/h1-4,10,14H,5-7H2,(H,13,15,16). The summed E-state index contributed by atoms with van der Waals surface area (Å²) in [5.74, 6) is -0.674. The SMILES string of the molecule is O=C1CCC(c2ccc(CO)cc2)C(=O)N1. The normalized spacial score (nSPS) is 20.7. The minimum absolute atomic E-state index is 0.00434. The Morgan fingerprint density at radius 3 is 2.50 bits per heavy atom.